The number of thiocarbonyl (C=S) groups is 1. The molecule has 0 radical (unpaired) electrons. The number of aryl methyl sites for hydroxylation is 2. The first kappa shape index (κ1) is 14.4. The van der Waals surface area contributed by atoms with Crippen molar-refractivity contribution in [1.29, 1.82) is 0 Å². The van der Waals surface area contributed by atoms with Gasteiger partial charge in [-0.1, -0.05) is 30.4 Å². The lowest BCUT2D eigenvalue weighted by molar-refractivity contribution is 0.613. The summed E-state index contributed by atoms with van der Waals surface area (Å²) in [7, 11) is 0. The van der Waals surface area contributed by atoms with Crippen LogP contribution < -0.4 is 11.1 Å². The minimum atomic E-state index is -0.249. The highest BCUT2D eigenvalue weighted by Crippen LogP contribution is 2.20. The number of aromatic nitrogens is 1. The Labute approximate surface area is 123 Å². The zero-order chi connectivity index (χ0) is 14.7. The van der Waals surface area contributed by atoms with E-state index in [4.69, 9.17) is 18.0 Å². The fourth-order valence-electron chi connectivity index (χ4n) is 2.10. The molecule has 0 aliphatic carbocycles. The van der Waals surface area contributed by atoms with Gasteiger partial charge in [0, 0.05) is 17.8 Å². The zero-order valence-electron chi connectivity index (χ0n) is 11.4. The summed E-state index contributed by atoms with van der Waals surface area (Å²) in [5.41, 5.74) is 8.84. The van der Waals surface area contributed by atoms with E-state index in [1.807, 2.05) is 19.9 Å². The Balaban J connectivity index is 2.30. The lowest BCUT2D eigenvalue weighted by atomic mass is 10.1. The summed E-state index contributed by atoms with van der Waals surface area (Å²) in [6, 6.07) is 8.53. The van der Waals surface area contributed by atoms with Crippen LogP contribution in [0.25, 0.3) is 0 Å². The number of nitrogens with two attached hydrogens (primary N) is 1. The molecule has 1 aromatic carbocycles. The van der Waals surface area contributed by atoms with Crippen LogP contribution in [0, 0.1) is 19.7 Å². The number of halogens is 1. The molecule has 2 aromatic rings. The van der Waals surface area contributed by atoms with Gasteiger partial charge in [0.05, 0.1) is 5.56 Å². The largest absolute Gasteiger partial charge is 0.389 e. The number of nitrogens with one attached hydrogen (secondary N) is 1. The second-order valence-electron chi connectivity index (χ2n) is 4.61. The van der Waals surface area contributed by atoms with Crippen molar-refractivity contribution in [2.45, 2.75) is 20.4 Å². The maximum Gasteiger partial charge on any atom is 0.137 e. The first-order valence-electron chi connectivity index (χ1n) is 6.24. The summed E-state index contributed by atoms with van der Waals surface area (Å²) < 4.78 is 13.6. The molecule has 1 heterocycles. The van der Waals surface area contributed by atoms with Crippen LogP contribution in [0.15, 0.2) is 30.3 Å². The van der Waals surface area contributed by atoms with Crippen LogP contribution in [0.3, 0.4) is 0 Å². The molecule has 20 heavy (non-hydrogen) atoms. The highest BCUT2D eigenvalue weighted by Gasteiger charge is 2.11. The molecule has 3 N–H and O–H groups in total. The average Bonchev–Trinajstić information content (AvgIpc) is 2.36. The smallest absolute Gasteiger partial charge is 0.137 e. The van der Waals surface area contributed by atoms with E-state index in [-0.39, 0.29) is 10.8 Å². The van der Waals surface area contributed by atoms with Gasteiger partial charge in [-0.2, -0.15) is 0 Å². The van der Waals surface area contributed by atoms with E-state index < -0.39 is 0 Å². The van der Waals surface area contributed by atoms with Gasteiger partial charge in [-0.25, -0.2) is 9.37 Å². The van der Waals surface area contributed by atoms with Crippen molar-refractivity contribution in [2.75, 3.05) is 5.32 Å². The molecule has 2 rings (SSSR count). The Bertz CT molecular complexity index is 656. The minimum Gasteiger partial charge on any atom is -0.389 e. The minimum absolute atomic E-state index is 0.249. The third kappa shape index (κ3) is 3.11. The molecule has 0 atom stereocenters. The van der Waals surface area contributed by atoms with Gasteiger partial charge < -0.3 is 11.1 Å². The summed E-state index contributed by atoms with van der Waals surface area (Å²) in [5.74, 6) is 0.347. The molecule has 0 unspecified atom stereocenters. The summed E-state index contributed by atoms with van der Waals surface area (Å²) in [6.07, 6.45) is 0. The Hall–Kier alpha value is -2.01. The third-order valence-electron chi connectivity index (χ3n) is 3.00. The van der Waals surface area contributed by atoms with E-state index in [1.54, 1.807) is 18.2 Å². The number of pyridine rings is 1. The van der Waals surface area contributed by atoms with Crippen LogP contribution in [-0.2, 0) is 6.54 Å². The van der Waals surface area contributed by atoms with Gasteiger partial charge in [-0.15, -0.1) is 0 Å². The predicted octanol–water partition coefficient (Wildman–Crippen LogP) is 3.08. The van der Waals surface area contributed by atoms with Crippen molar-refractivity contribution >= 4 is 23.0 Å². The summed E-state index contributed by atoms with van der Waals surface area (Å²) >= 11 is 5.06. The van der Waals surface area contributed by atoms with Crippen LogP contribution in [0.4, 0.5) is 10.2 Å². The molecule has 1 aromatic heterocycles. The van der Waals surface area contributed by atoms with E-state index in [2.05, 4.69) is 10.3 Å². The van der Waals surface area contributed by atoms with E-state index in [0.29, 0.717) is 23.5 Å². The fraction of sp³-hybridized carbons (Fsp3) is 0.200. The molecule has 0 spiro atoms. The van der Waals surface area contributed by atoms with Crippen molar-refractivity contribution in [3.05, 3.63) is 58.5 Å². The third-order valence-corrected chi connectivity index (χ3v) is 3.20. The zero-order valence-corrected chi connectivity index (χ0v) is 12.2. The topological polar surface area (TPSA) is 50.9 Å². The summed E-state index contributed by atoms with van der Waals surface area (Å²) in [6.45, 7) is 4.15. The average molecular weight is 289 g/mol. The molecular weight excluding hydrogens is 273 g/mol. The Morgan fingerprint density at radius 1 is 1.35 bits per heavy atom. The van der Waals surface area contributed by atoms with Gasteiger partial charge in [-0.05, 0) is 31.5 Å². The lowest BCUT2D eigenvalue weighted by Gasteiger charge is -2.14. The number of anilines is 1. The van der Waals surface area contributed by atoms with Crippen molar-refractivity contribution in [2.24, 2.45) is 5.73 Å². The number of hydrogen-bond acceptors (Lipinski definition) is 3. The van der Waals surface area contributed by atoms with E-state index in [0.717, 1.165) is 11.3 Å². The molecule has 0 saturated heterocycles. The van der Waals surface area contributed by atoms with Crippen LogP contribution in [0.1, 0.15) is 22.4 Å². The van der Waals surface area contributed by atoms with Gasteiger partial charge in [0.2, 0.25) is 0 Å². The summed E-state index contributed by atoms with van der Waals surface area (Å²) in [4.78, 5) is 4.68. The SMILES string of the molecule is Cc1cc(C)c(C(N)=S)c(NCc2ccccc2F)n1. The Kier molecular flexibility index (Phi) is 4.29. The van der Waals surface area contributed by atoms with Crippen molar-refractivity contribution in [1.82, 2.24) is 4.98 Å². The summed E-state index contributed by atoms with van der Waals surface area (Å²) in [5, 5.41) is 3.11. The molecule has 3 nitrogen and oxygen atoms in total. The van der Waals surface area contributed by atoms with Crippen molar-refractivity contribution in [3.63, 3.8) is 0 Å². The predicted molar refractivity (Wildman–Crippen MR) is 83.3 cm³/mol. The van der Waals surface area contributed by atoms with Gasteiger partial charge in [0.15, 0.2) is 0 Å². The lowest BCUT2D eigenvalue weighted by Crippen LogP contribution is -2.17. The first-order valence-corrected chi connectivity index (χ1v) is 6.65. The fourth-order valence-corrected chi connectivity index (χ4v) is 2.35. The van der Waals surface area contributed by atoms with E-state index >= 15 is 0 Å². The maximum absolute atomic E-state index is 13.6. The molecular formula is C15H16FN3S. The van der Waals surface area contributed by atoms with E-state index in [1.165, 1.54) is 6.07 Å². The molecule has 0 bridgehead atoms. The van der Waals surface area contributed by atoms with Crippen LogP contribution in [-0.4, -0.2) is 9.97 Å². The quantitative estimate of drug-likeness (QED) is 0.849. The Morgan fingerprint density at radius 3 is 2.70 bits per heavy atom. The first-order chi connectivity index (χ1) is 9.49. The molecule has 0 fully saturated rings. The number of benzene rings is 1. The standard InChI is InChI=1S/C15H16FN3S/c1-9-7-10(2)19-15(13(9)14(17)20)18-8-11-5-3-4-6-12(11)16/h3-7H,8H2,1-2H3,(H2,17,20)(H,18,19). The molecule has 0 saturated carbocycles. The number of hydrogen-bond donors (Lipinski definition) is 2. The maximum atomic E-state index is 13.6. The Morgan fingerprint density at radius 2 is 2.05 bits per heavy atom. The van der Waals surface area contributed by atoms with Gasteiger partial charge in [-0.3, -0.25) is 0 Å². The van der Waals surface area contributed by atoms with E-state index in [9.17, 15) is 4.39 Å². The van der Waals surface area contributed by atoms with Crippen LogP contribution in [0.2, 0.25) is 0 Å². The number of nitrogens with zero attached hydrogens (tertiary/aromatic N) is 1. The second-order valence-corrected chi connectivity index (χ2v) is 5.05. The highest BCUT2D eigenvalue weighted by atomic mass is 32.1. The number of rotatable bonds is 4. The van der Waals surface area contributed by atoms with Crippen LogP contribution in [0.5, 0.6) is 0 Å². The molecule has 0 amide bonds. The van der Waals surface area contributed by atoms with Crippen molar-refractivity contribution in [3.8, 4) is 0 Å². The highest BCUT2D eigenvalue weighted by molar-refractivity contribution is 7.80. The molecule has 104 valence electrons. The van der Waals surface area contributed by atoms with Crippen LogP contribution >= 0.6 is 12.2 Å². The van der Waals surface area contributed by atoms with Crippen molar-refractivity contribution < 1.29 is 4.39 Å². The molecule has 5 heteroatoms. The molecule has 0 aliphatic rings. The van der Waals surface area contributed by atoms with Gasteiger partial charge in [0.25, 0.3) is 0 Å². The monoisotopic (exact) mass is 289 g/mol. The normalized spacial score (nSPS) is 10.3. The molecule has 0 aliphatic heterocycles. The van der Waals surface area contributed by atoms with Gasteiger partial charge >= 0.3 is 0 Å². The second kappa shape index (κ2) is 5.96. The van der Waals surface area contributed by atoms with Gasteiger partial charge in [0.1, 0.15) is 16.6 Å².